The summed E-state index contributed by atoms with van der Waals surface area (Å²) in [5.41, 5.74) is 0. The van der Waals surface area contributed by atoms with E-state index in [4.69, 9.17) is 5.11 Å². The Morgan fingerprint density at radius 1 is 1.26 bits per heavy atom. The Balaban J connectivity index is 2.36. The number of carbonyl (C=O) groups excluding carboxylic acids is 1. The van der Waals surface area contributed by atoms with Crippen LogP contribution in [0.3, 0.4) is 0 Å². The van der Waals surface area contributed by atoms with E-state index < -0.39 is 12.0 Å². The van der Waals surface area contributed by atoms with Crippen LogP contribution in [0.1, 0.15) is 58.8 Å². The predicted molar refractivity (Wildman–Crippen MR) is 74.0 cm³/mol. The standard InChI is InChI=1S/C14H26N2O3/c1-3-4-9-12(13(17)18)16-14(19)15-10(2)11-7-5-6-8-11/h10-12H,3-9H2,1-2H3,(H,17,18)(H2,15,16,19)/t10?,12-/m0/s1. The Bertz CT molecular complexity index is 301. The Morgan fingerprint density at radius 2 is 1.89 bits per heavy atom. The third-order valence-corrected chi connectivity index (χ3v) is 3.92. The zero-order chi connectivity index (χ0) is 14.3. The molecule has 0 heterocycles. The van der Waals surface area contributed by atoms with Crippen LogP contribution in [0.4, 0.5) is 4.79 Å². The van der Waals surface area contributed by atoms with Gasteiger partial charge in [0.1, 0.15) is 6.04 Å². The first kappa shape index (κ1) is 15.8. The Labute approximate surface area is 115 Å². The lowest BCUT2D eigenvalue weighted by atomic mass is 10.00. The Morgan fingerprint density at radius 3 is 2.42 bits per heavy atom. The molecule has 1 unspecified atom stereocenters. The highest BCUT2D eigenvalue weighted by molar-refractivity contribution is 5.82. The summed E-state index contributed by atoms with van der Waals surface area (Å²) in [4.78, 5) is 22.8. The molecule has 0 spiro atoms. The molecule has 0 aromatic rings. The molecule has 0 bridgehead atoms. The van der Waals surface area contributed by atoms with Crippen molar-refractivity contribution in [2.45, 2.75) is 70.9 Å². The van der Waals surface area contributed by atoms with Gasteiger partial charge >= 0.3 is 12.0 Å². The van der Waals surface area contributed by atoms with Crippen molar-refractivity contribution in [2.75, 3.05) is 0 Å². The quantitative estimate of drug-likeness (QED) is 0.665. The Hall–Kier alpha value is -1.26. The summed E-state index contributed by atoms with van der Waals surface area (Å²) in [7, 11) is 0. The predicted octanol–water partition coefficient (Wildman–Crippen LogP) is 2.51. The maximum Gasteiger partial charge on any atom is 0.326 e. The lowest BCUT2D eigenvalue weighted by molar-refractivity contribution is -0.139. The molecule has 110 valence electrons. The van der Waals surface area contributed by atoms with E-state index in [1.54, 1.807) is 0 Å². The van der Waals surface area contributed by atoms with Crippen LogP contribution < -0.4 is 10.6 Å². The molecule has 5 heteroatoms. The summed E-state index contributed by atoms with van der Waals surface area (Å²) >= 11 is 0. The zero-order valence-corrected chi connectivity index (χ0v) is 11.9. The van der Waals surface area contributed by atoms with Crippen LogP contribution in [0, 0.1) is 5.92 Å². The van der Waals surface area contributed by atoms with E-state index in [2.05, 4.69) is 10.6 Å². The lowest BCUT2D eigenvalue weighted by Gasteiger charge is -2.22. The second-order valence-electron chi connectivity index (χ2n) is 5.48. The van der Waals surface area contributed by atoms with E-state index in [0.717, 1.165) is 25.7 Å². The van der Waals surface area contributed by atoms with Gasteiger partial charge in [0.2, 0.25) is 0 Å². The molecule has 0 aromatic heterocycles. The molecule has 19 heavy (non-hydrogen) atoms. The summed E-state index contributed by atoms with van der Waals surface area (Å²) in [6.45, 7) is 4.00. The molecule has 1 fully saturated rings. The lowest BCUT2D eigenvalue weighted by Crippen LogP contribution is -2.49. The van der Waals surface area contributed by atoms with Gasteiger partial charge in [0.05, 0.1) is 0 Å². The molecule has 0 saturated heterocycles. The van der Waals surface area contributed by atoms with E-state index in [1.807, 2.05) is 13.8 Å². The van der Waals surface area contributed by atoms with Gasteiger partial charge in [-0.15, -0.1) is 0 Å². The first-order valence-electron chi connectivity index (χ1n) is 7.34. The number of hydrogen-bond acceptors (Lipinski definition) is 2. The topological polar surface area (TPSA) is 78.4 Å². The van der Waals surface area contributed by atoms with Gasteiger partial charge < -0.3 is 15.7 Å². The van der Waals surface area contributed by atoms with Crippen molar-refractivity contribution in [3.8, 4) is 0 Å². The number of hydrogen-bond donors (Lipinski definition) is 3. The molecular weight excluding hydrogens is 244 g/mol. The van der Waals surface area contributed by atoms with Crippen molar-refractivity contribution in [3.63, 3.8) is 0 Å². The molecule has 5 nitrogen and oxygen atoms in total. The fourth-order valence-corrected chi connectivity index (χ4v) is 2.65. The molecule has 1 saturated carbocycles. The highest BCUT2D eigenvalue weighted by Crippen LogP contribution is 2.27. The van der Waals surface area contributed by atoms with Crippen LogP contribution in [0.15, 0.2) is 0 Å². The number of aliphatic carboxylic acids is 1. The monoisotopic (exact) mass is 270 g/mol. The number of carboxylic acid groups (broad SMARTS) is 1. The molecule has 3 N–H and O–H groups in total. The molecule has 1 aliphatic carbocycles. The smallest absolute Gasteiger partial charge is 0.326 e. The number of nitrogens with one attached hydrogen (secondary N) is 2. The molecule has 1 aliphatic rings. The number of unbranched alkanes of at least 4 members (excludes halogenated alkanes) is 1. The van der Waals surface area contributed by atoms with Crippen LogP contribution in [-0.4, -0.2) is 29.2 Å². The fourth-order valence-electron chi connectivity index (χ4n) is 2.65. The summed E-state index contributed by atoms with van der Waals surface area (Å²) in [5.74, 6) is -0.429. The van der Waals surface area contributed by atoms with Gasteiger partial charge in [0.25, 0.3) is 0 Å². The van der Waals surface area contributed by atoms with Crippen molar-refractivity contribution in [3.05, 3.63) is 0 Å². The van der Waals surface area contributed by atoms with Crippen molar-refractivity contribution >= 4 is 12.0 Å². The van der Waals surface area contributed by atoms with Gasteiger partial charge in [0, 0.05) is 6.04 Å². The molecule has 2 amide bonds. The number of urea groups is 1. The highest BCUT2D eigenvalue weighted by atomic mass is 16.4. The zero-order valence-electron chi connectivity index (χ0n) is 11.9. The van der Waals surface area contributed by atoms with Crippen LogP contribution in [0.2, 0.25) is 0 Å². The highest BCUT2D eigenvalue weighted by Gasteiger charge is 2.24. The number of amides is 2. The molecule has 0 aromatic carbocycles. The normalized spacial score (nSPS) is 18.8. The maximum atomic E-state index is 11.8. The maximum absolute atomic E-state index is 11.8. The van der Waals surface area contributed by atoms with Crippen molar-refractivity contribution in [1.82, 2.24) is 10.6 Å². The van der Waals surface area contributed by atoms with Crippen LogP contribution in [-0.2, 0) is 4.79 Å². The summed E-state index contributed by atoms with van der Waals surface area (Å²) < 4.78 is 0. The summed E-state index contributed by atoms with van der Waals surface area (Å²) in [6, 6.07) is -1.03. The second kappa shape index (κ2) is 8.02. The molecule has 2 atom stereocenters. The first-order chi connectivity index (χ1) is 9.04. The van der Waals surface area contributed by atoms with E-state index in [1.165, 1.54) is 12.8 Å². The van der Waals surface area contributed by atoms with Gasteiger partial charge in [-0.25, -0.2) is 9.59 Å². The minimum atomic E-state index is -0.961. The average molecular weight is 270 g/mol. The van der Waals surface area contributed by atoms with Crippen molar-refractivity contribution in [2.24, 2.45) is 5.92 Å². The van der Waals surface area contributed by atoms with Gasteiger partial charge in [-0.1, -0.05) is 32.6 Å². The van der Waals surface area contributed by atoms with E-state index >= 15 is 0 Å². The third-order valence-electron chi connectivity index (χ3n) is 3.92. The minimum Gasteiger partial charge on any atom is -0.480 e. The average Bonchev–Trinajstić information content (AvgIpc) is 2.87. The number of carbonyl (C=O) groups is 2. The summed E-state index contributed by atoms with van der Waals surface area (Å²) in [6.07, 6.45) is 6.97. The van der Waals surface area contributed by atoms with Gasteiger partial charge in [-0.3, -0.25) is 0 Å². The number of carboxylic acids is 1. The van der Waals surface area contributed by atoms with Crippen molar-refractivity contribution < 1.29 is 14.7 Å². The molecule has 0 aliphatic heterocycles. The molecule has 1 rings (SSSR count). The van der Waals surface area contributed by atoms with E-state index in [9.17, 15) is 9.59 Å². The fraction of sp³-hybridized carbons (Fsp3) is 0.857. The van der Waals surface area contributed by atoms with Gasteiger partial charge in [0.15, 0.2) is 0 Å². The van der Waals surface area contributed by atoms with Crippen LogP contribution >= 0.6 is 0 Å². The third kappa shape index (κ3) is 5.49. The SMILES string of the molecule is CCCC[C@H](NC(=O)NC(C)C1CCCC1)C(=O)O. The second-order valence-corrected chi connectivity index (χ2v) is 5.48. The van der Waals surface area contributed by atoms with Crippen LogP contribution in [0.5, 0.6) is 0 Å². The first-order valence-corrected chi connectivity index (χ1v) is 7.34. The minimum absolute atomic E-state index is 0.114. The Kier molecular flexibility index (Phi) is 6.67. The summed E-state index contributed by atoms with van der Waals surface area (Å²) in [5, 5.41) is 14.5. The molecule has 0 radical (unpaired) electrons. The van der Waals surface area contributed by atoms with E-state index in [-0.39, 0.29) is 12.1 Å². The van der Waals surface area contributed by atoms with Gasteiger partial charge in [-0.2, -0.15) is 0 Å². The van der Waals surface area contributed by atoms with Crippen molar-refractivity contribution in [1.29, 1.82) is 0 Å². The van der Waals surface area contributed by atoms with Gasteiger partial charge in [-0.05, 0) is 32.1 Å². The molecular formula is C14H26N2O3. The van der Waals surface area contributed by atoms with Crippen LogP contribution in [0.25, 0.3) is 0 Å². The van der Waals surface area contributed by atoms with E-state index in [0.29, 0.717) is 12.3 Å². The number of rotatable bonds is 7. The largest absolute Gasteiger partial charge is 0.480 e.